The van der Waals surface area contributed by atoms with Crippen molar-refractivity contribution in [2.75, 3.05) is 13.1 Å². The maximum atomic E-state index is 11.7. The van der Waals surface area contributed by atoms with Gasteiger partial charge >= 0.3 is 0 Å². The summed E-state index contributed by atoms with van der Waals surface area (Å²) in [5, 5.41) is 10.1. The Balaban J connectivity index is 1.82. The number of likely N-dealkylation sites (tertiary alicyclic amines) is 1. The number of rotatable bonds is 4. The second-order valence-corrected chi connectivity index (χ2v) is 5.39. The van der Waals surface area contributed by atoms with E-state index in [4.69, 9.17) is 0 Å². The molecule has 1 saturated carbocycles. The third kappa shape index (κ3) is 2.57. The van der Waals surface area contributed by atoms with Crippen molar-refractivity contribution in [2.45, 2.75) is 51.6 Å². The van der Waals surface area contributed by atoms with Crippen molar-refractivity contribution < 1.29 is 9.90 Å². The average Bonchev–Trinajstić information content (AvgIpc) is 2.88. The largest absolute Gasteiger partial charge is 0.391 e. The van der Waals surface area contributed by atoms with Gasteiger partial charge in [-0.1, -0.05) is 26.2 Å². The number of carbonyl (C=O) groups is 1. The van der Waals surface area contributed by atoms with Crippen LogP contribution in [0.4, 0.5) is 0 Å². The molecule has 2 unspecified atom stereocenters. The molecule has 3 heteroatoms. The molecule has 0 bridgehead atoms. The van der Waals surface area contributed by atoms with Crippen molar-refractivity contribution in [1.82, 2.24) is 4.90 Å². The molecule has 2 aliphatic rings. The van der Waals surface area contributed by atoms with Gasteiger partial charge in [0.1, 0.15) is 0 Å². The van der Waals surface area contributed by atoms with Crippen molar-refractivity contribution in [3.8, 4) is 0 Å². The van der Waals surface area contributed by atoms with Gasteiger partial charge in [0.25, 0.3) is 0 Å². The molecule has 0 aromatic carbocycles. The number of aliphatic hydroxyl groups excluding tert-OH is 1. The number of aliphatic hydroxyl groups is 1. The number of hydrogen-bond donors (Lipinski definition) is 1. The van der Waals surface area contributed by atoms with Crippen LogP contribution in [0.3, 0.4) is 0 Å². The van der Waals surface area contributed by atoms with Crippen molar-refractivity contribution in [3.63, 3.8) is 0 Å². The lowest BCUT2D eigenvalue weighted by molar-refractivity contribution is -0.129. The third-order valence-corrected chi connectivity index (χ3v) is 4.22. The third-order valence-electron chi connectivity index (χ3n) is 4.22. The highest BCUT2D eigenvalue weighted by molar-refractivity contribution is 5.78. The number of β-amino-alcohol motifs (C(OH)–C–C–N with tert-alkyl or cyclic N) is 1. The summed E-state index contributed by atoms with van der Waals surface area (Å²) in [6.45, 7) is 3.56. The van der Waals surface area contributed by atoms with Gasteiger partial charge in [0.05, 0.1) is 6.10 Å². The van der Waals surface area contributed by atoms with Crippen LogP contribution >= 0.6 is 0 Å². The normalized spacial score (nSPS) is 29.0. The molecule has 2 rings (SSSR count). The molecule has 92 valence electrons. The molecule has 3 nitrogen and oxygen atoms in total. The fourth-order valence-electron chi connectivity index (χ4n) is 3.02. The molecule has 0 aromatic heterocycles. The zero-order valence-corrected chi connectivity index (χ0v) is 10.2. The van der Waals surface area contributed by atoms with Crippen LogP contribution in [0, 0.1) is 11.8 Å². The summed E-state index contributed by atoms with van der Waals surface area (Å²) >= 11 is 0. The number of nitrogens with zero attached hydrogens (tertiary/aromatic N) is 1. The Labute approximate surface area is 97.8 Å². The Morgan fingerprint density at radius 2 is 2.12 bits per heavy atom. The lowest BCUT2D eigenvalue weighted by Gasteiger charge is -2.24. The topological polar surface area (TPSA) is 40.5 Å². The second kappa shape index (κ2) is 5.17. The summed E-state index contributed by atoms with van der Waals surface area (Å²) in [6.07, 6.45) is 6.24. The standard InChI is InChI=1S/C13H23NO2/c1-2-10-7-13(16)14(8-10)9-12(15)11-5-3-4-6-11/h10-12,15H,2-9H2,1H3. The van der Waals surface area contributed by atoms with Crippen LogP contribution < -0.4 is 0 Å². The highest BCUT2D eigenvalue weighted by Crippen LogP contribution is 2.29. The molecule has 1 N–H and O–H groups in total. The predicted molar refractivity (Wildman–Crippen MR) is 62.9 cm³/mol. The van der Waals surface area contributed by atoms with Gasteiger partial charge in [-0.2, -0.15) is 0 Å². The van der Waals surface area contributed by atoms with Gasteiger partial charge in [-0.25, -0.2) is 0 Å². The first-order valence-corrected chi connectivity index (χ1v) is 6.66. The van der Waals surface area contributed by atoms with Crippen LogP contribution in [0.1, 0.15) is 45.4 Å². The Bertz CT molecular complexity index is 248. The summed E-state index contributed by atoms with van der Waals surface area (Å²) in [5.74, 6) is 1.20. The first-order valence-electron chi connectivity index (χ1n) is 6.66. The maximum Gasteiger partial charge on any atom is 0.223 e. The summed E-state index contributed by atoms with van der Waals surface area (Å²) in [7, 11) is 0. The fourth-order valence-corrected chi connectivity index (χ4v) is 3.02. The van der Waals surface area contributed by atoms with E-state index in [-0.39, 0.29) is 12.0 Å². The summed E-state index contributed by atoms with van der Waals surface area (Å²) in [6, 6.07) is 0. The summed E-state index contributed by atoms with van der Waals surface area (Å²) < 4.78 is 0. The molecule has 0 radical (unpaired) electrons. The number of amides is 1. The van der Waals surface area contributed by atoms with E-state index in [1.165, 1.54) is 12.8 Å². The lowest BCUT2D eigenvalue weighted by Crippen LogP contribution is -2.36. The van der Waals surface area contributed by atoms with Crippen LogP contribution in [0.15, 0.2) is 0 Å². The van der Waals surface area contributed by atoms with Crippen molar-refractivity contribution in [3.05, 3.63) is 0 Å². The molecule has 2 atom stereocenters. The van der Waals surface area contributed by atoms with Gasteiger partial charge in [-0.15, -0.1) is 0 Å². The summed E-state index contributed by atoms with van der Waals surface area (Å²) in [5.41, 5.74) is 0. The minimum absolute atomic E-state index is 0.240. The Morgan fingerprint density at radius 1 is 1.44 bits per heavy atom. The van der Waals surface area contributed by atoms with Crippen LogP contribution in [0.25, 0.3) is 0 Å². The van der Waals surface area contributed by atoms with Gasteiger partial charge in [-0.3, -0.25) is 4.79 Å². The Kier molecular flexibility index (Phi) is 3.85. The minimum Gasteiger partial charge on any atom is -0.391 e. The van der Waals surface area contributed by atoms with E-state index in [9.17, 15) is 9.90 Å². The molecule has 1 heterocycles. The first-order chi connectivity index (χ1) is 7.70. The van der Waals surface area contributed by atoms with E-state index in [0.717, 1.165) is 25.8 Å². The van der Waals surface area contributed by atoms with Gasteiger partial charge in [-0.05, 0) is 24.7 Å². The highest BCUT2D eigenvalue weighted by Gasteiger charge is 2.32. The molecule has 2 fully saturated rings. The van der Waals surface area contributed by atoms with Crippen molar-refractivity contribution in [2.24, 2.45) is 11.8 Å². The molecule has 1 aliphatic heterocycles. The molecule has 0 aromatic rings. The molecule has 1 saturated heterocycles. The van der Waals surface area contributed by atoms with Gasteiger partial charge in [0, 0.05) is 19.5 Å². The molecular weight excluding hydrogens is 202 g/mol. The van der Waals surface area contributed by atoms with E-state index in [2.05, 4.69) is 6.92 Å². The van der Waals surface area contributed by atoms with Crippen LogP contribution in [0.2, 0.25) is 0 Å². The highest BCUT2D eigenvalue weighted by atomic mass is 16.3. The van der Waals surface area contributed by atoms with Crippen LogP contribution in [-0.2, 0) is 4.79 Å². The Morgan fingerprint density at radius 3 is 2.69 bits per heavy atom. The van der Waals surface area contributed by atoms with E-state index >= 15 is 0 Å². The zero-order chi connectivity index (χ0) is 11.5. The summed E-state index contributed by atoms with van der Waals surface area (Å²) in [4.78, 5) is 13.6. The Hall–Kier alpha value is -0.570. The minimum atomic E-state index is -0.290. The maximum absolute atomic E-state index is 11.7. The molecule has 1 amide bonds. The zero-order valence-electron chi connectivity index (χ0n) is 10.2. The molecule has 0 spiro atoms. The van der Waals surface area contributed by atoms with Gasteiger partial charge < -0.3 is 10.0 Å². The van der Waals surface area contributed by atoms with Gasteiger partial charge in [0.2, 0.25) is 5.91 Å². The van der Waals surface area contributed by atoms with E-state index in [1.807, 2.05) is 4.90 Å². The monoisotopic (exact) mass is 225 g/mol. The molecular formula is C13H23NO2. The average molecular weight is 225 g/mol. The smallest absolute Gasteiger partial charge is 0.223 e. The van der Waals surface area contributed by atoms with E-state index in [0.29, 0.717) is 24.8 Å². The lowest BCUT2D eigenvalue weighted by atomic mass is 10.0. The van der Waals surface area contributed by atoms with Crippen LogP contribution in [0.5, 0.6) is 0 Å². The number of carbonyl (C=O) groups excluding carboxylic acids is 1. The van der Waals surface area contributed by atoms with Gasteiger partial charge in [0.15, 0.2) is 0 Å². The van der Waals surface area contributed by atoms with E-state index in [1.54, 1.807) is 0 Å². The van der Waals surface area contributed by atoms with E-state index < -0.39 is 0 Å². The van der Waals surface area contributed by atoms with Crippen molar-refractivity contribution >= 4 is 5.91 Å². The number of hydrogen-bond acceptors (Lipinski definition) is 2. The molecule has 16 heavy (non-hydrogen) atoms. The molecule has 1 aliphatic carbocycles. The van der Waals surface area contributed by atoms with Crippen molar-refractivity contribution in [1.29, 1.82) is 0 Å². The first kappa shape index (κ1) is 11.9. The predicted octanol–water partition coefficient (Wildman–Crippen LogP) is 1.80. The quantitative estimate of drug-likeness (QED) is 0.792. The SMILES string of the molecule is CCC1CC(=O)N(CC(O)C2CCCC2)C1. The second-order valence-electron chi connectivity index (χ2n) is 5.39. The fraction of sp³-hybridized carbons (Fsp3) is 0.923. The van der Waals surface area contributed by atoms with Crippen LogP contribution in [-0.4, -0.2) is 35.1 Å².